The van der Waals surface area contributed by atoms with Gasteiger partial charge in [-0.15, -0.1) is 4.40 Å². The molecule has 2 aliphatic heterocycles. The highest BCUT2D eigenvalue weighted by atomic mass is 32.2. The summed E-state index contributed by atoms with van der Waals surface area (Å²) in [7, 11) is -7.87. The molecule has 0 aromatic heterocycles. The predicted molar refractivity (Wildman–Crippen MR) is 132 cm³/mol. The fourth-order valence-electron chi connectivity index (χ4n) is 6.06. The van der Waals surface area contributed by atoms with Gasteiger partial charge in [0.05, 0.1) is 11.9 Å². The number of rotatable bonds is 6. The quantitative estimate of drug-likeness (QED) is 0.521. The highest BCUT2D eigenvalue weighted by molar-refractivity contribution is 7.92. The molecule has 2 aliphatic carbocycles. The second kappa shape index (κ2) is 8.22. The molecule has 2 heterocycles. The standard InChI is InChI=1S/C23H30N4O6S2/c1-12(2)8-9-27-20-14-5-4-13(10-14)18(20)21(28)19(23(27)29)22-24-16-7-6-15(25-34(3,30)31)11-17(16)35(32,33)26-22/h6-7,11-14,18,20,25,28H,4-5,8-10H2,1-3H3,(H,24,26)/t13-,14+,18?,20?/m1/s1. The van der Waals surface area contributed by atoms with Gasteiger partial charge >= 0.3 is 0 Å². The molecule has 4 aliphatic rings. The topological polar surface area (TPSA) is 145 Å². The van der Waals surface area contributed by atoms with Gasteiger partial charge in [-0.05, 0) is 61.6 Å². The van der Waals surface area contributed by atoms with E-state index < -0.39 is 26.0 Å². The van der Waals surface area contributed by atoms with Crippen LogP contribution in [0, 0.1) is 23.7 Å². The number of carbonyl (C=O) groups is 1. The van der Waals surface area contributed by atoms with Crippen molar-refractivity contribution in [2.45, 2.75) is 50.5 Å². The molecule has 2 bridgehead atoms. The molecule has 3 N–H and O–H groups in total. The van der Waals surface area contributed by atoms with E-state index >= 15 is 0 Å². The van der Waals surface area contributed by atoms with Crippen LogP contribution in [0.5, 0.6) is 0 Å². The highest BCUT2D eigenvalue weighted by Crippen LogP contribution is 2.55. The average molecular weight is 523 g/mol. The number of hydrogen-bond acceptors (Lipinski definition) is 7. The molecule has 5 rings (SSSR count). The number of nitrogens with zero attached hydrogens (tertiary/aromatic N) is 2. The molecule has 1 aromatic carbocycles. The van der Waals surface area contributed by atoms with Gasteiger partial charge < -0.3 is 15.3 Å². The number of aliphatic hydroxyl groups excluding tert-OH is 1. The van der Waals surface area contributed by atoms with Crippen molar-refractivity contribution in [2.24, 2.45) is 28.1 Å². The summed E-state index contributed by atoms with van der Waals surface area (Å²) in [6.07, 6.45) is 4.73. The number of fused-ring (bicyclic) bond motifs is 6. The van der Waals surface area contributed by atoms with E-state index in [9.17, 15) is 26.7 Å². The Labute approximate surface area is 205 Å². The van der Waals surface area contributed by atoms with Crippen LogP contribution >= 0.6 is 0 Å². The normalized spacial score (nSPS) is 29.1. The summed E-state index contributed by atoms with van der Waals surface area (Å²) in [6.45, 7) is 4.71. The number of amides is 1. The Bertz CT molecular complexity index is 1370. The van der Waals surface area contributed by atoms with Gasteiger partial charge in [-0.3, -0.25) is 9.52 Å². The zero-order valence-electron chi connectivity index (χ0n) is 19.9. The number of aliphatic hydroxyl groups is 1. The third-order valence-corrected chi connectivity index (χ3v) is 9.41. The molecular weight excluding hydrogens is 492 g/mol. The summed E-state index contributed by atoms with van der Waals surface area (Å²) in [5.74, 6) is 0.0900. The molecule has 0 saturated heterocycles. The molecule has 1 aromatic rings. The van der Waals surface area contributed by atoms with Crippen molar-refractivity contribution in [3.63, 3.8) is 0 Å². The largest absolute Gasteiger partial charge is 0.511 e. The summed E-state index contributed by atoms with van der Waals surface area (Å²) in [4.78, 5) is 15.3. The Morgan fingerprint density at radius 1 is 1.26 bits per heavy atom. The molecule has 2 unspecified atom stereocenters. The van der Waals surface area contributed by atoms with Crippen LogP contribution in [-0.4, -0.2) is 57.4 Å². The summed E-state index contributed by atoms with van der Waals surface area (Å²) in [5, 5.41) is 14.2. The SMILES string of the molecule is CC(C)CCN1C(=O)C(C2=NS(=O)(=O)c3cc(NS(C)(=O)=O)ccc3N2)=C(O)C2C1[C@H]1CC[C@@H]2C1. The smallest absolute Gasteiger partial charge is 0.286 e. The van der Waals surface area contributed by atoms with E-state index in [0.29, 0.717) is 18.4 Å². The molecule has 0 radical (unpaired) electrons. The lowest BCUT2D eigenvalue weighted by Gasteiger charge is -2.44. The Balaban J connectivity index is 1.55. The van der Waals surface area contributed by atoms with Gasteiger partial charge in [-0.25, -0.2) is 8.42 Å². The van der Waals surface area contributed by atoms with Gasteiger partial charge in [-0.2, -0.15) is 8.42 Å². The number of nitrogens with one attached hydrogen (secondary N) is 2. The van der Waals surface area contributed by atoms with E-state index in [1.807, 2.05) is 4.90 Å². The molecule has 190 valence electrons. The Hall–Kier alpha value is -2.60. The second-order valence-electron chi connectivity index (χ2n) is 10.4. The third kappa shape index (κ3) is 4.20. The molecule has 12 heteroatoms. The lowest BCUT2D eigenvalue weighted by atomic mass is 9.77. The van der Waals surface area contributed by atoms with Crippen LogP contribution in [0.25, 0.3) is 0 Å². The van der Waals surface area contributed by atoms with Crippen LogP contribution in [0.15, 0.2) is 38.8 Å². The summed E-state index contributed by atoms with van der Waals surface area (Å²) in [6, 6.07) is 3.94. The van der Waals surface area contributed by atoms with Gasteiger partial charge in [-0.1, -0.05) is 13.8 Å². The fourth-order valence-corrected chi connectivity index (χ4v) is 7.77. The van der Waals surface area contributed by atoms with Gasteiger partial charge in [0.1, 0.15) is 16.2 Å². The van der Waals surface area contributed by atoms with Gasteiger partial charge in [0.2, 0.25) is 10.0 Å². The summed E-state index contributed by atoms with van der Waals surface area (Å²) < 4.78 is 55.4. The maximum atomic E-state index is 13.7. The molecule has 2 saturated carbocycles. The van der Waals surface area contributed by atoms with Crippen molar-refractivity contribution in [3.05, 3.63) is 29.5 Å². The Kier molecular flexibility index (Phi) is 5.67. The van der Waals surface area contributed by atoms with Crippen molar-refractivity contribution in [2.75, 3.05) is 22.8 Å². The lowest BCUT2D eigenvalue weighted by molar-refractivity contribution is -0.133. The minimum Gasteiger partial charge on any atom is -0.511 e. The second-order valence-corrected chi connectivity index (χ2v) is 13.7. The molecular formula is C23H30N4O6S2. The van der Waals surface area contributed by atoms with Crippen molar-refractivity contribution >= 4 is 43.2 Å². The molecule has 1 amide bonds. The lowest BCUT2D eigenvalue weighted by Crippen LogP contribution is -2.54. The van der Waals surface area contributed by atoms with Crippen molar-refractivity contribution < 1.29 is 26.7 Å². The first-order valence-corrected chi connectivity index (χ1v) is 15.2. The third-order valence-electron chi connectivity index (χ3n) is 7.49. The first-order valence-electron chi connectivity index (χ1n) is 11.8. The Morgan fingerprint density at radius 2 is 1.97 bits per heavy atom. The number of benzene rings is 1. The van der Waals surface area contributed by atoms with E-state index in [2.05, 4.69) is 28.3 Å². The van der Waals surface area contributed by atoms with Crippen LogP contribution in [0.1, 0.15) is 39.5 Å². The molecule has 0 spiro atoms. The molecule has 4 atom stereocenters. The van der Waals surface area contributed by atoms with Crippen molar-refractivity contribution in [1.82, 2.24) is 4.90 Å². The number of carbonyl (C=O) groups excluding carboxylic acids is 1. The molecule has 10 nitrogen and oxygen atoms in total. The van der Waals surface area contributed by atoms with Crippen LogP contribution < -0.4 is 10.0 Å². The molecule has 35 heavy (non-hydrogen) atoms. The zero-order valence-corrected chi connectivity index (χ0v) is 21.5. The molecule has 2 fully saturated rings. The Morgan fingerprint density at radius 3 is 2.66 bits per heavy atom. The van der Waals surface area contributed by atoms with Gasteiger partial charge in [0.25, 0.3) is 15.9 Å². The summed E-state index contributed by atoms with van der Waals surface area (Å²) in [5.41, 5.74) is 0.150. The van der Waals surface area contributed by atoms with Gasteiger partial charge in [0, 0.05) is 24.2 Å². The van der Waals surface area contributed by atoms with E-state index in [0.717, 1.165) is 31.9 Å². The van der Waals surface area contributed by atoms with Crippen LogP contribution in [0.3, 0.4) is 0 Å². The first kappa shape index (κ1) is 24.1. The van der Waals surface area contributed by atoms with Crippen LogP contribution in [-0.2, 0) is 24.8 Å². The van der Waals surface area contributed by atoms with E-state index in [1.54, 1.807) is 0 Å². The van der Waals surface area contributed by atoms with Crippen molar-refractivity contribution in [3.8, 4) is 0 Å². The van der Waals surface area contributed by atoms with Crippen LogP contribution in [0.2, 0.25) is 0 Å². The highest BCUT2D eigenvalue weighted by Gasteiger charge is 2.57. The zero-order chi connectivity index (χ0) is 25.3. The minimum absolute atomic E-state index is 0.0681. The first-order chi connectivity index (χ1) is 16.4. The number of hydrogen-bond donors (Lipinski definition) is 3. The summed E-state index contributed by atoms with van der Waals surface area (Å²) >= 11 is 0. The minimum atomic E-state index is -4.27. The van der Waals surface area contributed by atoms with Crippen LogP contribution in [0.4, 0.5) is 11.4 Å². The monoisotopic (exact) mass is 522 g/mol. The predicted octanol–water partition coefficient (Wildman–Crippen LogP) is 2.69. The number of amidine groups is 1. The van der Waals surface area contributed by atoms with Gasteiger partial charge in [0.15, 0.2) is 5.84 Å². The average Bonchev–Trinajstić information content (AvgIpc) is 3.35. The number of anilines is 2. The number of sulfonamides is 2. The van der Waals surface area contributed by atoms with Crippen molar-refractivity contribution in [1.29, 1.82) is 0 Å². The van der Waals surface area contributed by atoms with E-state index in [1.165, 1.54) is 18.2 Å². The van der Waals surface area contributed by atoms with E-state index in [-0.39, 0.29) is 51.3 Å². The maximum Gasteiger partial charge on any atom is 0.286 e. The maximum absolute atomic E-state index is 13.7. The van der Waals surface area contributed by atoms with E-state index in [4.69, 9.17) is 0 Å². The fraction of sp³-hybridized carbons (Fsp3) is 0.565.